The summed E-state index contributed by atoms with van der Waals surface area (Å²) in [6.07, 6.45) is 0.678. The number of β-amino-alcohol motifs (C(OH)–C–C–N with tert-alkyl or cyclic N) is 1. The molecule has 0 aromatic carbocycles. The maximum atomic E-state index is 9.92. The molecule has 1 saturated heterocycles. The molecule has 1 N–H and O–H groups in total. The molecule has 0 spiro atoms. The molecule has 0 radical (unpaired) electrons. The molecule has 2 heterocycles. The Balaban J connectivity index is 2.02. The van der Waals surface area contributed by atoms with Gasteiger partial charge in [-0.2, -0.15) is 0 Å². The second kappa shape index (κ2) is 6.10. The van der Waals surface area contributed by atoms with Crippen LogP contribution < -0.4 is 0 Å². The molecule has 0 amide bonds. The van der Waals surface area contributed by atoms with Crippen LogP contribution in [0.4, 0.5) is 0 Å². The fraction of sp³-hybridized carbons (Fsp3) is 0.800. The zero-order valence-electron chi connectivity index (χ0n) is 13.3. The lowest BCUT2D eigenvalue weighted by Gasteiger charge is -2.25. The number of thiazole rings is 1. The third kappa shape index (κ3) is 4.01. The van der Waals surface area contributed by atoms with Crippen molar-refractivity contribution in [1.29, 1.82) is 0 Å². The third-order valence-corrected chi connectivity index (χ3v) is 4.57. The monoisotopic (exact) mass is 297 g/mol. The normalized spacial score (nSPS) is 24.8. The summed E-state index contributed by atoms with van der Waals surface area (Å²) in [7, 11) is 4.17. The van der Waals surface area contributed by atoms with E-state index < -0.39 is 0 Å². The lowest BCUT2D eigenvalue weighted by molar-refractivity contribution is 0.169. The summed E-state index contributed by atoms with van der Waals surface area (Å²) in [5, 5.41) is 13.2. The Morgan fingerprint density at radius 3 is 2.70 bits per heavy atom. The number of aromatic nitrogens is 1. The highest BCUT2D eigenvalue weighted by atomic mass is 32.1. The van der Waals surface area contributed by atoms with Crippen LogP contribution in [0.5, 0.6) is 0 Å². The predicted octanol–water partition coefficient (Wildman–Crippen LogP) is 1.94. The van der Waals surface area contributed by atoms with Gasteiger partial charge in [0.15, 0.2) is 0 Å². The summed E-state index contributed by atoms with van der Waals surface area (Å²) in [6, 6.07) is 0.432. The molecule has 2 rings (SSSR count). The Morgan fingerprint density at radius 2 is 2.15 bits per heavy atom. The average molecular weight is 297 g/mol. The molecule has 1 aromatic rings. The van der Waals surface area contributed by atoms with Crippen LogP contribution in [0.2, 0.25) is 0 Å². The molecule has 20 heavy (non-hydrogen) atoms. The van der Waals surface area contributed by atoms with Crippen molar-refractivity contribution < 1.29 is 5.11 Å². The van der Waals surface area contributed by atoms with Crippen LogP contribution in [0.25, 0.3) is 0 Å². The summed E-state index contributed by atoms with van der Waals surface area (Å²) < 4.78 is 0. The van der Waals surface area contributed by atoms with Gasteiger partial charge in [0.1, 0.15) is 5.01 Å². The number of rotatable bonds is 4. The summed E-state index contributed by atoms with van der Waals surface area (Å²) >= 11 is 1.74. The van der Waals surface area contributed by atoms with E-state index in [4.69, 9.17) is 4.98 Å². The van der Waals surface area contributed by atoms with Crippen molar-refractivity contribution in [3.05, 3.63) is 16.1 Å². The Morgan fingerprint density at radius 1 is 1.45 bits per heavy atom. The lowest BCUT2D eigenvalue weighted by Crippen LogP contribution is -2.37. The second-order valence-corrected chi connectivity index (χ2v) is 8.05. The highest BCUT2D eigenvalue weighted by Crippen LogP contribution is 2.26. The van der Waals surface area contributed by atoms with Gasteiger partial charge >= 0.3 is 0 Å². The van der Waals surface area contributed by atoms with Gasteiger partial charge in [0.05, 0.1) is 18.3 Å². The molecule has 5 heteroatoms. The van der Waals surface area contributed by atoms with Crippen LogP contribution in [-0.2, 0) is 12.0 Å². The lowest BCUT2D eigenvalue weighted by atomic mass is 9.93. The molecule has 1 aromatic heterocycles. The van der Waals surface area contributed by atoms with Crippen LogP contribution in [0.1, 0.15) is 37.9 Å². The van der Waals surface area contributed by atoms with E-state index in [-0.39, 0.29) is 11.5 Å². The van der Waals surface area contributed by atoms with Crippen LogP contribution in [0.15, 0.2) is 5.38 Å². The maximum absolute atomic E-state index is 9.92. The molecule has 4 nitrogen and oxygen atoms in total. The van der Waals surface area contributed by atoms with Gasteiger partial charge in [-0.05, 0) is 20.5 Å². The van der Waals surface area contributed by atoms with E-state index in [0.29, 0.717) is 6.04 Å². The number of hydrogen-bond donors (Lipinski definition) is 1. The zero-order chi connectivity index (χ0) is 14.9. The summed E-state index contributed by atoms with van der Waals surface area (Å²) in [5.74, 6) is 0. The SMILES string of the molecule is CN(C)CC1CC(O)CN1Cc1nc(C(C)(C)C)cs1. The van der Waals surface area contributed by atoms with Crippen LogP contribution in [0, 0.1) is 0 Å². The number of likely N-dealkylation sites (N-methyl/N-ethyl adjacent to an activating group) is 1. The maximum Gasteiger partial charge on any atom is 0.107 e. The Labute approximate surface area is 126 Å². The number of aliphatic hydroxyl groups excluding tert-OH is 1. The molecule has 114 valence electrons. The standard InChI is InChI=1S/C15H27N3OS/c1-15(2,3)13-10-20-14(16-13)9-18-8-12(19)6-11(18)7-17(4)5/h10-12,19H,6-9H2,1-5H3. The summed E-state index contributed by atoms with van der Waals surface area (Å²) in [5.41, 5.74) is 1.28. The largest absolute Gasteiger partial charge is 0.392 e. The van der Waals surface area contributed by atoms with Crippen molar-refractivity contribution >= 4 is 11.3 Å². The van der Waals surface area contributed by atoms with Gasteiger partial charge in [-0.15, -0.1) is 11.3 Å². The topological polar surface area (TPSA) is 39.6 Å². The minimum atomic E-state index is -0.193. The number of nitrogens with zero attached hydrogens (tertiary/aromatic N) is 3. The molecule has 0 aliphatic carbocycles. The minimum absolute atomic E-state index is 0.113. The smallest absolute Gasteiger partial charge is 0.107 e. The van der Waals surface area contributed by atoms with Crippen molar-refractivity contribution in [1.82, 2.24) is 14.8 Å². The molecule has 2 atom stereocenters. The van der Waals surface area contributed by atoms with Gasteiger partial charge in [0.25, 0.3) is 0 Å². The fourth-order valence-corrected chi connectivity index (χ4v) is 3.71. The first-order valence-corrected chi connectivity index (χ1v) is 8.15. The van der Waals surface area contributed by atoms with E-state index in [9.17, 15) is 5.11 Å². The quantitative estimate of drug-likeness (QED) is 0.922. The van der Waals surface area contributed by atoms with Gasteiger partial charge in [-0.3, -0.25) is 4.90 Å². The van der Waals surface area contributed by atoms with Gasteiger partial charge in [-0.25, -0.2) is 4.98 Å². The van der Waals surface area contributed by atoms with Crippen molar-refractivity contribution in [3.63, 3.8) is 0 Å². The van der Waals surface area contributed by atoms with Gasteiger partial charge in [0.2, 0.25) is 0 Å². The Kier molecular flexibility index (Phi) is 4.84. The predicted molar refractivity (Wildman–Crippen MR) is 84.2 cm³/mol. The highest BCUT2D eigenvalue weighted by Gasteiger charge is 2.31. The molecule has 0 bridgehead atoms. The molecule has 0 saturated carbocycles. The molecule has 2 unspecified atom stereocenters. The molecular weight excluding hydrogens is 270 g/mol. The number of hydrogen-bond acceptors (Lipinski definition) is 5. The zero-order valence-corrected chi connectivity index (χ0v) is 14.1. The summed E-state index contributed by atoms with van der Waals surface area (Å²) in [4.78, 5) is 9.33. The average Bonchev–Trinajstić information content (AvgIpc) is 2.85. The third-order valence-electron chi connectivity index (χ3n) is 3.74. The van der Waals surface area contributed by atoms with Gasteiger partial charge in [0, 0.05) is 29.9 Å². The Bertz CT molecular complexity index is 439. The van der Waals surface area contributed by atoms with Gasteiger partial charge < -0.3 is 10.0 Å². The molecular formula is C15H27N3OS. The first-order valence-electron chi connectivity index (χ1n) is 7.27. The molecule has 1 aliphatic heterocycles. The van der Waals surface area contributed by atoms with E-state index in [1.165, 1.54) is 5.69 Å². The van der Waals surface area contributed by atoms with Crippen LogP contribution in [-0.4, -0.2) is 59.2 Å². The van der Waals surface area contributed by atoms with E-state index in [2.05, 4.69) is 50.0 Å². The highest BCUT2D eigenvalue weighted by molar-refractivity contribution is 7.09. The first kappa shape index (κ1) is 15.9. The molecule has 1 aliphatic rings. The van der Waals surface area contributed by atoms with Crippen molar-refractivity contribution in [2.45, 2.75) is 51.3 Å². The van der Waals surface area contributed by atoms with Gasteiger partial charge in [-0.1, -0.05) is 20.8 Å². The summed E-state index contributed by atoms with van der Waals surface area (Å²) in [6.45, 7) is 9.20. The fourth-order valence-electron chi connectivity index (χ4n) is 2.66. The van der Waals surface area contributed by atoms with E-state index in [0.717, 1.165) is 31.1 Å². The van der Waals surface area contributed by atoms with Crippen molar-refractivity contribution in [3.8, 4) is 0 Å². The van der Waals surface area contributed by atoms with E-state index in [1.807, 2.05) is 0 Å². The molecule has 1 fully saturated rings. The van der Waals surface area contributed by atoms with E-state index in [1.54, 1.807) is 11.3 Å². The Hall–Kier alpha value is -0.490. The van der Waals surface area contributed by atoms with Crippen LogP contribution >= 0.6 is 11.3 Å². The minimum Gasteiger partial charge on any atom is -0.392 e. The second-order valence-electron chi connectivity index (χ2n) is 7.11. The van der Waals surface area contributed by atoms with Crippen molar-refractivity contribution in [2.75, 3.05) is 27.2 Å². The van der Waals surface area contributed by atoms with E-state index >= 15 is 0 Å². The first-order chi connectivity index (χ1) is 9.25. The van der Waals surface area contributed by atoms with Crippen molar-refractivity contribution in [2.24, 2.45) is 0 Å². The number of aliphatic hydroxyl groups is 1. The number of likely N-dealkylation sites (tertiary alicyclic amines) is 1. The van der Waals surface area contributed by atoms with Crippen LogP contribution in [0.3, 0.4) is 0 Å².